The Bertz CT molecular complexity index is 870. The molecule has 1 aliphatic heterocycles. The molecule has 1 amide bonds. The number of hydrogen-bond donors (Lipinski definition) is 0. The summed E-state index contributed by atoms with van der Waals surface area (Å²) in [7, 11) is 0. The number of halogens is 1. The molecular formula is C21H27ClN4O2S. The maximum absolute atomic E-state index is 12.9. The Balaban J connectivity index is 1.44. The smallest absolute Gasteiger partial charge is 0.235 e. The molecule has 2 aromatic rings. The molecule has 0 spiro atoms. The van der Waals surface area contributed by atoms with E-state index in [0.29, 0.717) is 29.3 Å². The van der Waals surface area contributed by atoms with Crippen molar-refractivity contribution < 1.29 is 9.53 Å². The highest BCUT2D eigenvalue weighted by molar-refractivity contribution is 8.00. The maximum Gasteiger partial charge on any atom is 0.235 e. The number of carbonyl (C=O) groups excluding carboxylic acids is 1. The van der Waals surface area contributed by atoms with Crippen LogP contribution in [0.15, 0.2) is 29.4 Å². The van der Waals surface area contributed by atoms with Crippen molar-refractivity contribution >= 4 is 29.3 Å². The van der Waals surface area contributed by atoms with Crippen molar-refractivity contribution in [3.8, 4) is 5.75 Å². The molecule has 2 aliphatic rings. The number of rotatable bonds is 7. The van der Waals surface area contributed by atoms with E-state index in [1.807, 2.05) is 30.0 Å². The normalized spacial score (nSPS) is 20.5. The van der Waals surface area contributed by atoms with Crippen molar-refractivity contribution in [3.05, 3.63) is 35.1 Å². The van der Waals surface area contributed by atoms with Crippen LogP contribution in [-0.2, 0) is 11.4 Å². The zero-order valence-corrected chi connectivity index (χ0v) is 18.5. The molecule has 4 rings (SSSR count). The number of amides is 1. The van der Waals surface area contributed by atoms with Crippen LogP contribution in [0.5, 0.6) is 5.75 Å². The van der Waals surface area contributed by atoms with E-state index in [-0.39, 0.29) is 11.2 Å². The first-order valence-electron chi connectivity index (χ1n) is 10.3. The lowest BCUT2D eigenvalue weighted by atomic mass is 10.0. The second kappa shape index (κ2) is 8.96. The minimum absolute atomic E-state index is 0.181. The average molecular weight is 435 g/mol. The van der Waals surface area contributed by atoms with E-state index in [1.165, 1.54) is 18.2 Å². The zero-order chi connectivity index (χ0) is 20.4. The number of para-hydroxylation sites is 1. The van der Waals surface area contributed by atoms with E-state index in [9.17, 15) is 4.79 Å². The van der Waals surface area contributed by atoms with Crippen LogP contribution in [0.1, 0.15) is 51.4 Å². The number of piperidine rings is 1. The van der Waals surface area contributed by atoms with Crippen LogP contribution in [0, 0.1) is 5.92 Å². The molecule has 1 aromatic carbocycles. The Labute approximate surface area is 181 Å². The number of aromatic nitrogens is 3. The Morgan fingerprint density at radius 3 is 2.83 bits per heavy atom. The van der Waals surface area contributed by atoms with Gasteiger partial charge in [-0.05, 0) is 50.7 Å². The molecule has 2 atom stereocenters. The minimum atomic E-state index is -0.181. The molecule has 6 nitrogen and oxygen atoms in total. The van der Waals surface area contributed by atoms with Crippen LogP contribution in [0.2, 0.25) is 5.02 Å². The van der Waals surface area contributed by atoms with Gasteiger partial charge in [0.05, 0.1) is 10.3 Å². The van der Waals surface area contributed by atoms with Gasteiger partial charge in [0, 0.05) is 19.1 Å². The third kappa shape index (κ3) is 4.89. The lowest BCUT2D eigenvalue weighted by molar-refractivity contribution is -0.132. The highest BCUT2D eigenvalue weighted by Gasteiger charge is 2.32. The van der Waals surface area contributed by atoms with Gasteiger partial charge in [0.1, 0.15) is 12.4 Å². The number of thioether (sulfide) groups is 1. The fourth-order valence-electron chi connectivity index (χ4n) is 3.74. The highest BCUT2D eigenvalue weighted by atomic mass is 35.5. The van der Waals surface area contributed by atoms with Crippen LogP contribution in [0.25, 0.3) is 0 Å². The molecular weight excluding hydrogens is 408 g/mol. The van der Waals surface area contributed by atoms with Gasteiger partial charge in [0.2, 0.25) is 5.91 Å². The van der Waals surface area contributed by atoms with E-state index < -0.39 is 0 Å². The lowest BCUT2D eigenvalue weighted by Crippen LogP contribution is -2.42. The fraction of sp³-hybridized carbons (Fsp3) is 0.571. The quantitative estimate of drug-likeness (QED) is 0.596. The molecule has 29 heavy (non-hydrogen) atoms. The van der Waals surface area contributed by atoms with Crippen LogP contribution < -0.4 is 4.74 Å². The van der Waals surface area contributed by atoms with Gasteiger partial charge in [-0.15, -0.1) is 10.2 Å². The van der Waals surface area contributed by atoms with Gasteiger partial charge >= 0.3 is 0 Å². The van der Waals surface area contributed by atoms with Gasteiger partial charge in [-0.25, -0.2) is 0 Å². The van der Waals surface area contributed by atoms with Crippen molar-refractivity contribution in [1.29, 1.82) is 0 Å². The van der Waals surface area contributed by atoms with Crippen LogP contribution in [0.3, 0.4) is 0 Å². The monoisotopic (exact) mass is 434 g/mol. The molecule has 1 saturated heterocycles. The number of carbonyl (C=O) groups is 1. The predicted molar refractivity (Wildman–Crippen MR) is 114 cm³/mol. The fourth-order valence-corrected chi connectivity index (χ4v) is 4.96. The predicted octanol–water partition coefficient (Wildman–Crippen LogP) is 4.58. The molecule has 0 radical (unpaired) electrons. The number of benzene rings is 1. The van der Waals surface area contributed by atoms with Crippen molar-refractivity contribution in [3.63, 3.8) is 0 Å². The maximum atomic E-state index is 12.9. The number of likely N-dealkylation sites (tertiary alicyclic amines) is 1. The molecule has 2 fully saturated rings. The average Bonchev–Trinajstić information content (AvgIpc) is 3.48. The second-order valence-electron chi connectivity index (χ2n) is 8.01. The van der Waals surface area contributed by atoms with Gasteiger partial charge in [0.15, 0.2) is 11.0 Å². The van der Waals surface area contributed by atoms with Gasteiger partial charge < -0.3 is 9.64 Å². The first-order valence-corrected chi connectivity index (χ1v) is 11.5. The second-order valence-corrected chi connectivity index (χ2v) is 9.73. The Morgan fingerprint density at radius 2 is 2.10 bits per heavy atom. The van der Waals surface area contributed by atoms with Crippen LogP contribution in [0.4, 0.5) is 0 Å². The third-order valence-electron chi connectivity index (χ3n) is 5.44. The van der Waals surface area contributed by atoms with Gasteiger partial charge in [-0.3, -0.25) is 9.36 Å². The number of hydrogen-bond acceptors (Lipinski definition) is 5. The first-order chi connectivity index (χ1) is 14.0. The van der Waals surface area contributed by atoms with Crippen molar-refractivity contribution in [2.75, 3.05) is 13.1 Å². The number of nitrogens with zero attached hydrogens (tertiary/aromatic N) is 4. The Hall–Kier alpha value is -1.73. The van der Waals surface area contributed by atoms with E-state index in [4.69, 9.17) is 16.3 Å². The molecule has 1 aromatic heterocycles. The summed E-state index contributed by atoms with van der Waals surface area (Å²) < 4.78 is 8.02. The summed E-state index contributed by atoms with van der Waals surface area (Å²) in [5, 5.41) is 9.94. The summed E-state index contributed by atoms with van der Waals surface area (Å²) in [6, 6.07) is 7.81. The van der Waals surface area contributed by atoms with Crippen LogP contribution >= 0.6 is 23.4 Å². The van der Waals surface area contributed by atoms with Gasteiger partial charge in [-0.2, -0.15) is 0 Å². The standard InChI is InChI=1S/C21H27ClN4O2S/c1-14-6-5-11-25(12-14)20(27)15(2)29-21-24-23-19(26(21)16-9-10-16)13-28-18-8-4-3-7-17(18)22/h3-4,7-8,14-16H,5-6,9-13H2,1-2H3/t14-,15+/m1/s1. The summed E-state index contributed by atoms with van der Waals surface area (Å²) >= 11 is 7.69. The zero-order valence-electron chi connectivity index (χ0n) is 16.9. The van der Waals surface area contributed by atoms with Gasteiger partial charge in [0.25, 0.3) is 0 Å². The molecule has 0 bridgehead atoms. The third-order valence-corrected chi connectivity index (χ3v) is 6.80. The largest absolute Gasteiger partial charge is 0.484 e. The number of ether oxygens (including phenoxy) is 1. The minimum Gasteiger partial charge on any atom is -0.484 e. The Morgan fingerprint density at radius 1 is 1.31 bits per heavy atom. The molecule has 2 heterocycles. The van der Waals surface area contributed by atoms with E-state index in [0.717, 1.165) is 43.3 Å². The molecule has 156 valence electrons. The van der Waals surface area contributed by atoms with E-state index in [1.54, 1.807) is 6.07 Å². The Kier molecular flexibility index (Phi) is 6.35. The summed E-state index contributed by atoms with van der Waals surface area (Å²) in [5.74, 6) is 2.19. The molecule has 0 N–H and O–H groups in total. The topological polar surface area (TPSA) is 60.3 Å². The highest BCUT2D eigenvalue weighted by Crippen LogP contribution is 2.40. The van der Waals surface area contributed by atoms with Crippen molar-refractivity contribution in [1.82, 2.24) is 19.7 Å². The lowest BCUT2D eigenvalue weighted by Gasteiger charge is -2.32. The summed E-state index contributed by atoms with van der Waals surface area (Å²) in [6.45, 7) is 6.21. The first kappa shape index (κ1) is 20.5. The molecule has 8 heteroatoms. The molecule has 0 unspecified atom stereocenters. The SMILES string of the molecule is C[C@@H]1CCCN(C(=O)[C@H](C)Sc2nnc(COc3ccccc3Cl)n2C2CC2)C1. The van der Waals surface area contributed by atoms with Gasteiger partial charge in [-0.1, -0.05) is 42.4 Å². The van der Waals surface area contributed by atoms with Crippen LogP contribution in [-0.4, -0.2) is 43.9 Å². The summed E-state index contributed by atoms with van der Waals surface area (Å²) in [5.41, 5.74) is 0. The van der Waals surface area contributed by atoms with Crippen molar-refractivity contribution in [2.24, 2.45) is 5.92 Å². The van der Waals surface area contributed by atoms with E-state index in [2.05, 4.69) is 21.7 Å². The summed E-state index contributed by atoms with van der Waals surface area (Å²) in [6.07, 6.45) is 4.51. The molecule has 1 saturated carbocycles. The van der Waals surface area contributed by atoms with Crippen molar-refractivity contribution in [2.45, 2.75) is 62.6 Å². The summed E-state index contributed by atoms with van der Waals surface area (Å²) in [4.78, 5) is 14.9. The molecule has 1 aliphatic carbocycles. The van der Waals surface area contributed by atoms with E-state index >= 15 is 0 Å².